The second kappa shape index (κ2) is 18.2. The van der Waals surface area contributed by atoms with Crippen LogP contribution in [0.5, 0.6) is 0 Å². The number of hydrogen-bond acceptors (Lipinski definition) is 7. The highest BCUT2D eigenvalue weighted by atomic mass is 16.4. The van der Waals surface area contributed by atoms with E-state index in [1.165, 1.54) is 0 Å². The molecule has 0 heterocycles. The zero-order valence-electron chi connectivity index (χ0n) is 21.0. The molecule has 0 saturated carbocycles. The molecule has 13 heteroatoms. The van der Waals surface area contributed by atoms with Gasteiger partial charge >= 0.3 is 5.97 Å². The van der Waals surface area contributed by atoms with Crippen LogP contribution in [0.15, 0.2) is 0 Å². The Labute approximate surface area is 205 Å². The quantitative estimate of drug-likeness (QED) is 0.117. The van der Waals surface area contributed by atoms with Crippen LogP contribution in [-0.4, -0.2) is 84.9 Å². The van der Waals surface area contributed by atoms with E-state index in [9.17, 15) is 28.8 Å². The maximum Gasteiger partial charge on any atom is 0.303 e. The molecule has 0 rings (SSSR count). The lowest BCUT2D eigenvalue weighted by atomic mass is 10.1. The van der Waals surface area contributed by atoms with Crippen LogP contribution in [-0.2, 0) is 28.8 Å². The first-order valence-corrected chi connectivity index (χ1v) is 11.9. The van der Waals surface area contributed by atoms with Crippen molar-refractivity contribution in [2.75, 3.05) is 26.2 Å². The Morgan fingerprint density at radius 3 is 2.03 bits per heavy atom. The molecule has 0 aromatic rings. The molecule has 0 spiro atoms. The Morgan fingerprint density at radius 1 is 0.771 bits per heavy atom. The third kappa shape index (κ3) is 16.1. The van der Waals surface area contributed by atoms with Crippen LogP contribution in [0.3, 0.4) is 0 Å². The van der Waals surface area contributed by atoms with Gasteiger partial charge in [0.2, 0.25) is 29.5 Å². The number of carboxylic acids is 1. The van der Waals surface area contributed by atoms with Crippen molar-refractivity contribution < 1.29 is 33.9 Å². The second-order valence-electron chi connectivity index (χ2n) is 8.14. The predicted octanol–water partition coefficient (Wildman–Crippen LogP) is -1.62. The third-order valence-corrected chi connectivity index (χ3v) is 4.78. The molecule has 200 valence electrons. The molecule has 0 aliphatic rings. The molecular weight excluding hydrogens is 460 g/mol. The van der Waals surface area contributed by atoms with Gasteiger partial charge < -0.3 is 37.0 Å². The van der Waals surface area contributed by atoms with Crippen molar-refractivity contribution >= 4 is 35.5 Å². The number of carbonyl (C=O) groups excluding carboxylic acids is 5. The number of nitrogens with one attached hydrogen (secondary N) is 6. The summed E-state index contributed by atoms with van der Waals surface area (Å²) in [5.41, 5.74) is 0. The number of carbonyl (C=O) groups is 6. The molecule has 0 aliphatic heterocycles. The Balaban J connectivity index is 4.45. The van der Waals surface area contributed by atoms with Crippen molar-refractivity contribution in [1.82, 2.24) is 31.9 Å². The Morgan fingerprint density at radius 2 is 1.43 bits per heavy atom. The first kappa shape index (κ1) is 31.8. The van der Waals surface area contributed by atoms with Gasteiger partial charge in [-0.2, -0.15) is 0 Å². The van der Waals surface area contributed by atoms with Gasteiger partial charge in [-0.3, -0.25) is 28.8 Å². The van der Waals surface area contributed by atoms with Crippen molar-refractivity contribution in [1.29, 1.82) is 0 Å². The fourth-order valence-corrected chi connectivity index (χ4v) is 2.89. The SMILES string of the molecule is CCCC(NC(=O)CNC(=O)CCCC(=O)O)C(=O)NC(C)CNC(C)C(=O)NCC(=O)NCC. The van der Waals surface area contributed by atoms with E-state index in [0.29, 0.717) is 19.4 Å². The summed E-state index contributed by atoms with van der Waals surface area (Å²) in [6.07, 6.45) is 1.05. The average molecular weight is 501 g/mol. The standard InChI is InChI=1S/C22H40N6O7/c1-5-8-16(28-19(31)13-25-17(29)9-7-10-20(32)33)22(35)27-14(3)11-24-15(4)21(34)26-12-18(30)23-6-2/h14-16,24H,5-13H2,1-4H3,(H,23,30)(H,25,29)(H,26,34)(H,27,35)(H,28,31)(H,32,33). The van der Waals surface area contributed by atoms with E-state index < -0.39 is 35.8 Å². The fraction of sp³-hybridized carbons (Fsp3) is 0.727. The maximum absolute atomic E-state index is 12.6. The van der Waals surface area contributed by atoms with Crippen LogP contribution in [0.1, 0.15) is 59.8 Å². The highest BCUT2D eigenvalue weighted by molar-refractivity contribution is 5.90. The highest BCUT2D eigenvalue weighted by Gasteiger charge is 2.22. The van der Waals surface area contributed by atoms with E-state index in [2.05, 4.69) is 31.9 Å². The zero-order chi connectivity index (χ0) is 26.8. The van der Waals surface area contributed by atoms with Crippen molar-refractivity contribution in [3.05, 3.63) is 0 Å². The van der Waals surface area contributed by atoms with Gasteiger partial charge in [-0.1, -0.05) is 13.3 Å². The van der Waals surface area contributed by atoms with Gasteiger partial charge in [0, 0.05) is 32.0 Å². The average Bonchev–Trinajstić information content (AvgIpc) is 2.79. The smallest absolute Gasteiger partial charge is 0.303 e. The highest BCUT2D eigenvalue weighted by Crippen LogP contribution is 1.99. The minimum Gasteiger partial charge on any atom is -0.481 e. The molecule has 13 nitrogen and oxygen atoms in total. The molecule has 7 N–H and O–H groups in total. The van der Waals surface area contributed by atoms with Gasteiger partial charge in [-0.05, 0) is 33.6 Å². The Kier molecular flexibility index (Phi) is 16.5. The van der Waals surface area contributed by atoms with Gasteiger partial charge in [0.15, 0.2) is 0 Å². The van der Waals surface area contributed by atoms with E-state index in [1.54, 1.807) is 20.8 Å². The number of aliphatic carboxylic acids is 1. The van der Waals surface area contributed by atoms with Crippen molar-refractivity contribution in [3.8, 4) is 0 Å². The molecule has 35 heavy (non-hydrogen) atoms. The number of carboxylic acid groups (broad SMARTS) is 1. The van der Waals surface area contributed by atoms with Crippen molar-refractivity contribution in [2.45, 2.75) is 77.9 Å². The molecular formula is C22H40N6O7. The molecule has 0 aromatic carbocycles. The largest absolute Gasteiger partial charge is 0.481 e. The minimum atomic E-state index is -0.998. The van der Waals surface area contributed by atoms with E-state index in [-0.39, 0.29) is 56.8 Å². The third-order valence-electron chi connectivity index (χ3n) is 4.78. The lowest BCUT2D eigenvalue weighted by Gasteiger charge is -2.22. The molecule has 0 radical (unpaired) electrons. The van der Waals surface area contributed by atoms with Crippen molar-refractivity contribution in [3.63, 3.8) is 0 Å². The summed E-state index contributed by atoms with van der Waals surface area (Å²) in [4.78, 5) is 70.4. The summed E-state index contributed by atoms with van der Waals surface area (Å²) in [7, 11) is 0. The Hall–Kier alpha value is -3.22. The fourth-order valence-electron chi connectivity index (χ4n) is 2.89. The zero-order valence-corrected chi connectivity index (χ0v) is 21.0. The summed E-state index contributed by atoms with van der Waals surface area (Å²) in [5.74, 6) is -3.00. The number of hydrogen-bond donors (Lipinski definition) is 7. The van der Waals surface area contributed by atoms with Crippen LogP contribution in [0.4, 0.5) is 0 Å². The summed E-state index contributed by atoms with van der Waals surface area (Å²) >= 11 is 0. The molecule has 0 aromatic heterocycles. The van der Waals surface area contributed by atoms with E-state index >= 15 is 0 Å². The molecule has 0 aliphatic carbocycles. The van der Waals surface area contributed by atoms with Crippen molar-refractivity contribution in [2.24, 2.45) is 0 Å². The summed E-state index contributed by atoms with van der Waals surface area (Å²) < 4.78 is 0. The van der Waals surface area contributed by atoms with Crippen LogP contribution >= 0.6 is 0 Å². The monoisotopic (exact) mass is 500 g/mol. The lowest BCUT2D eigenvalue weighted by Crippen LogP contribution is -2.54. The minimum absolute atomic E-state index is 0.00858. The van der Waals surface area contributed by atoms with E-state index in [1.807, 2.05) is 6.92 Å². The number of amides is 5. The second-order valence-corrected chi connectivity index (χ2v) is 8.14. The Bertz CT molecular complexity index is 731. The van der Waals surface area contributed by atoms with Gasteiger partial charge in [0.1, 0.15) is 6.04 Å². The van der Waals surface area contributed by atoms with Gasteiger partial charge in [-0.15, -0.1) is 0 Å². The van der Waals surface area contributed by atoms with E-state index in [0.717, 1.165) is 0 Å². The topological polar surface area (TPSA) is 195 Å². The van der Waals surface area contributed by atoms with Crippen LogP contribution in [0, 0.1) is 0 Å². The van der Waals surface area contributed by atoms with E-state index in [4.69, 9.17) is 5.11 Å². The normalized spacial score (nSPS) is 13.0. The molecule has 0 fully saturated rings. The number of rotatable bonds is 18. The summed E-state index contributed by atoms with van der Waals surface area (Å²) in [5, 5.41) is 24.4. The molecule has 5 amide bonds. The van der Waals surface area contributed by atoms with Crippen LogP contribution in [0.2, 0.25) is 0 Å². The van der Waals surface area contributed by atoms with Gasteiger partial charge in [-0.25, -0.2) is 0 Å². The summed E-state index contributed by atoms with van der Waals surface area (Å²) in [6, 6.07) is -1.74. The first-order chi connectivity index (χ1) is 16.5. The van der Waals surface area contributed by atoms with Gasteiger partial charge in [0.05, 0.1) is 19.1 Å². The van der Waals surface area contributed by atoms with Crippen LogP contribution in [0.25, 0.3) is 0 Å². The summed E-state index contributed by atoms with van der Waals surface area (Å²) in [6.45, 7) is 7.34. The molecule has 3 unspecified atom stereocenters. The van der Waals surface area contributed by atoms with Crippen LogP contribution < -0.4 is 31.9 Å². The number of likely N-dealkylation sites (N-methyl/N-ethyl adjacent to an activating group) is 1. The lowest BCUT2D eigenvalue weighted by molar-refractivity contribution is -0.137. The predicted molar refractivity (Wildman–Crippen MR) is 128 cm³/mol. The van der Waals surface area contributed by atoms with Gasteiger partial charge in [0.25, 0.3) is 0 Å². The molecule has 0 saturated heterocycles. The maximum atomic E-state index is 12.6. The molecule has 0 bridgehead atoms. The molecule has 3 atom stereocenters. The first-order valence-electron chi connectivity index (χ1n) is 11.9.